The molecular weight excluding hydrogens is 233 g/mol. The van der Waals surface area contributed by atoms with E-state index in [4.69, 9.17) is 5.11 Å². The van der Waals surface area contributed by atoms with Crippen LogP contribution in [0.2, 0.25) is 0 Å². The highest BCUT2D eigenvalue weighted by Gasteiger charge is 2.39. The van der Waals surface area contributed by atoms with E-state index in [0.717, 1.165) is 18.9 Å². The zero-order valence-corrected chi connectivity index (χ0v) is 9.46. The lowest BCUT2D eigenvalue weighted by molar-refractivity contribution is -0.206. The Morgan fingerprint density at radius 3 is 2.47 bits per heavy atom. The Morgan fingerprint density at radius 2 is 1.94 bits per heavy atom. The molecule has 0 spiro atoms. The maximum atomic E-state index is 12.3. The minimum absolute atomic E-state index is 0.0309. The fourth-order valence-electron chi connectivity index (χ4n) is 1.53. The van der Waals surface area contributed by atoms with Crippen molar-refractivity contribution in [1.29, 1.82) is 0 Å². The number of phenols is 1. The number of unbranched alkanes of at least 4 members (excludes halogenated alkanes) is 1. The molecule has 5 heteroatoms. The second kappa shape index (κ2) is 5.40. The summed E-state index contributed by atoms with van der Waals surface area (Å²) in [6, 6.07) is 3.49. The molecule has 0 aliphatic carbocycles. The average Bonchev–Trinajstić information content (AvgIpc) is 2.26. The Morgan fingerprint density at radius 1 is 1.29 bits per heavy atom. The molecule has 0 aliphatic heterocycles. The first-order valence-corrected chi connectivity index (χ1v) is 5.42. The highest BCUT2D eigenvalue weighted by molar-refractivity contribution is 5.37. The number of aliphatic hydroxyl groups excluding tert-OH is 1. The number of aryl methyl sites for hydroxylation is 1. The average molecular weight is 248 g/mol. The van der Waals surface area contributed by atoms with Gasteiger partial charge < -0.3 is 10.2 Å². The maximum Gasteiger partial charge on any atom is 0.418 e. The standard InChI is InChI=1S/C12H15F3O2/c1-2-3-4-8-7-9(5-6-10(8)16)11(17)12(13,14)15/h5-7,11,16-17H,2-4H2,1H3. The highest BCUT2D eigenvalue weighted by atomic mass is 19.4. The van der Waals surface area contributed by atoms with Gasteiger partial charge in [0.25, 0.3) is 0 Å². The molecule has 0 fully saturated rings. The van der Waals surface area contributed by atoms with E-state index in [1.165, 1.54) is 12.1 Å². The lowest BCUT2D eigenvalue weighted by Gasteiger charge is -2.16. The first-order valence-electron chi connectivity index (χ1n) is 5.42. The first-order chi connectivity index (χ1) is 7.86. The third-order valence-electron chi connectivity index (χ3n) is 2.53. The lowest BCUT2D eigenvalue weighted by atomic mass is 10.0. The van der Waals surface area contributed by atoms with Crippen molar-refractivity contribution < 1.29 is 23.4 Å². The molecule has 96 valence electrons. The quantitative estimate of drug-likeness (QED) is 0.858. The van der Waals surface area contributed by atoms with Crippen molar-refractivity contribution in [3.8, 4) is 5.75 Å². The van der Waals surface area contributed by atoms with Gasteiger partial charge in [-0.2, -0.15) is 13.2 Å². The summed E-state index contributed by atoms with van der Waals surface area (Å²) in [5, 5.41) is 18.6. The Bertz CT molecular complexity index is 375. The fraction of sp³-hybridized carbons (Fsp3) is 0.500. The largest absolute Gasteiger partial charge is 0.508 e. The second-order valence-corrected chi connectivity index (χ2v) is 3.94. The Kier molecular flexibility index (Phi) is 4.40. The number of hydrogen-bond acceptors (Lipinski definition) is 2. The van der Waals surface area contributed by atoms with Gasteiger partial charge in [0.1, 0.15) is 5.75 Å². The molecule has 1 aromatic rings. The number of aromatic hydroxyl groups is 1. The van der Waals surface area contributed by atoms with Gasteiger partial charge in [-0.25, -0.2) is 0 Å². The van der Waals surface area contributed by atoms with Gasteiger partial charge in [0.15, 0.2) is 6.10 Å². The SMILES string of the molecule is CCCCc1cc(C(O)C(F)(F)F)ccc1O. The van der Waals surface area contributed by atoms with Gasteiger partial charge in [-0.05, 0) is 36.1 Å². The topological polar surface area (TPSA) is 40.5 Å². The Labute approximate surface area is 97.7 Å². The molecule has 0 amide bonds. The van der Waals surface area contributed by atoms with Crippen LogP contribution in [0.3, 0.4) is 0 Å². The van der Waals surface area contributed by atoms with Crippen molar-refractivity contribution in [2.75, 3.05) is 0 Å². The molecule has 0 aliphatic rings. The molecule has 0 bridgehead atoms. The van der Waals surface area contributed by atoms with E-state index in [1.807, 2.05) is 6.92 Å². The maximum absolute atomic E-state index is 12.3. The van der Waals surface area contributed by atoms with Crippen LogP contribution in [0.15, 0.2) is 18.2 Å². The summed E-state index contributed by atoms with van der Waals surface area (Å²) in [5.41, 5.74) is 0.203. The second-order valence-electron chi connectivity index (χ2n) is 3.94. The van der Waals surface area contributed by atoms with Crippen LogP contribution in [0.4, 0.5) is 13.2 Å². The van der Waals surface area contributed by atoms with Gasteiger partial charge in [-0.15, -0.1) is 0 Å². The summed E-state index contributed by atoms with van der Waals surface area (Å²) in [7, 11) is 0. The van der Waals surface area contributed by atoms with E-state index < -0.39 is 12.3 Å². The summed E-state index contributed by atoms with van der Waals surface area (Å²) in [6.07, 6.45) is -5.02. The van der Waals surface area contributed by atoms with Gasteiger partial charge in [0.05, 0.1) is 0 Å². The Balaban J connectivity index is 2.95. The van der Waals surface area contributed by atoms with Crippen LogP contribution in [0.5, 0.6) is 5.75 Å². The number of halogens is 3. The molecule has 0 saturated carbocycles. The third-order valence-corrected chi connectivity index (χ3v) is 2.53. The number of aliphatic hydroxyl groups is 1. The van der Waals surface area contributed by atoms with Gasteiger partial charge in [0.2, 0.25) is 0 Å². The van der Waals surface area contributed by atoms with E-state index in [0.29, 0.717) is 12.0 Å². The molecule has 1 rings (SSSR count). The number of rotatable bonds is 4. The molecule has 1 unspecified atom stereocenters. The van der Waals surface area contributed by atoms with Crippen molar-refractivity contribution in [1.82, 2.24) is 0 Å². The number of phenolic OH excluding ortho intramolecular Hbond substituents is 1. The zero-order valence-electron chi connectivity index (χ0n) is 9.46. The predicted molar refractivity (Wildman–Crippen MR) is 57.7 cm³/mol. The van der Waals surface area contributed by atoms with E-state index in [1.54, 1.807) is 0 Å². The van der Waals surface area contributed by atoms with Crippen LogP contribution < -0.4 is 0 Å². The summed E-state index contributed by atoms with van der Waals surface area (Å²) in [6.45, 7) is 1.95. The molecular formula is C12H15F3O2. The van der Waals surface area contributed by atoms with Crippen LogP contribution >= 0.6 is 0 Å². The molecule has 17 heavy (non-hydrogen) atoms. The monoisotopic (exact) mass is 248 g/mol. The van der Waals surface area contributed by atoms with Gasteiger partial charge >= 0.3 is 6.18 Å². The van der Waals surface area contributed by atoms with E-state index >= 15 is 0 Å². The van der Waals surface area contributed by atoms with E-state index in [-0.39, 0.29) is 11.3 Å². The molecule has 0 saturated heterocycles. The minimum Gasteiger partial charge on any atom is -0.508 e. The molecule has 2 N–H and O–H groups in total. The number of hydrogen-bond donors (Lipinski definition) is 2. The molecule has 0 aromatic heterocycles. The number of alkyl halides is 3. The first kappa shape index (κ1) is 13.8. The molecule has 0 heterocycles. The Hall–Kier alpha value is -1.23. The van der Waals surface area contributed by atoms with Crippen LogP contribution in [0.1, 0.15) is 37.0 Å². The van der Waals surface area contributed by atoms with Crippen molar-refractivity contribution in [2.45, 2.75) is 38.5 Å². The van der Waals surface area contributed by atoms with Crippen LogP contribution in [0, 0.1) is 0 Å². The fourth-order valence-corrected chi connectivity index (χ4v) is 1.53. The molecule has 2 nitrogen and oxygen atoms in total. The highest BCUT2D eigenvalue weighted by Crippen LogP contribution is 2.34. The van der Waals surface area contributed by atoms with Crippen molar-refractivity contribution in [2.24, 2.45) is 0 Å². The molecule has 1 aromatic carbocycles. The summed E-state index contributed by atoms with van der Waals surface area (Å²) < 4.78 is 36.9. The summed E-state index contributed by atoms with van der Waals surface area (Å²) >= 11 is 0. The lowest BCUT2D eigenvalue weighted by Crippen LogP contribution is -2.20. The van der Waals surface area contributed by atoms with E-state index in [9.17, 15) is 18.3 Å². The number of benzene rings is 1. The predicted octanol–water partition coefficient (Wildman–Crippen LogP) is 3.33. The van der Waals surface area contributed by atoms with Crippen molar-refractivity contribution in [3.63, 3.8) is 0 Å². The smallest absolute Gasteiger partial charge is 0.418 e. The summed E-state index contributed by atoms with van der Waals surface area (Å²) in [4.78, 5) is 0. The van der Waals surface area contributed by atoms with E-state index in [2.05, 4.69) is 0 Å². The third kappa shape index (κ3) is 3.63. The van der Waals surface area contributed by atoms with Gasteiger partial charge in [0, 0.05) is 0 Å². The normalized spacial score (nSPS) is 13.7. The molecule has 1 atom stereocenters. The van der Waals surface area contributed by atoms with Crippen molar-refractivity contribution in [3.05, 3.63) is 29.3 Å². The van der Waals surface area contributed by atoms with Crippen LogP contribution in [-0.2, 0) is 6.42 Å². The van der Waals surface area contributed by atoms with Crippen LogP contribution in [-0.4, -0.2) is 16.4 Å². The molecule has 0 radical (unpaired) electrons. The van der Waals surface area contributed by atoms with Gasteiger partial charge in [-0.3, -0.25) is 0 Å². The summed E-state index contributed by atoms with van der Waals surface area (Å²) in [5.74, 6) is -0.0309. The minimum atomic E-state index is -4.68. The van der Waals surface area contributed by atoms with Gasteiger partial charge in [-0.1, -0.05) is 19.4 Å². The van der Waals surface area contributed by atoms with Crippen LogP contribution in [0.25, 0.3) is 0 Å². The van der Waals surface area contributed by atoms with Crippen molar-refractivity contribution >= 4 is 0 Å². The zero-order chi connectivity index (χ0) is 13.1.